The minimum atomic E-state index is -1.07. The molecule has 164 valence electrons. The predicted octanol–water partition coefficient (Wildman–Crippen LogP) is 4.40. The van der Waals surface area contributed by atoms with E-state index in [-0.39, 0.29) is 13.1 Å². The fraction of sp³-hybridized carbons (Fsp3) is 0.200. The maximum Gasteiger partial charge on any atom is 0.407 e. The predicted molar refractivity (Wildman–Crippen MR) is 122 cm³/mol. The molecule has 0 aliphatic heterocycles. The number of carbonyl (C=O) groups is 1. The second-order valence-electron chi connectivity index (χ2n) is 7.55. The first-order valence-electron chi connectivity index (χ1n) is 10.4. The Morgan fingerprint density at radius 3 is 2.69 bits per heavy atom. The molecule has 0 fully saturated rings. The molecule has 2 heterocycles. The molecule has 0 saturated heterocycles. The smallest absolute Gasteiger partial charge is 0.407 e. The summed E-state index contributed by atoms with van der Waals surface area (Å²) in [5.41, 5.74) is 3.55. The largest absolute Gasteiger partial charge is 0.487 e. The van der Waals surface area contributed by atoms with Crippen LogP contribution in [0.2, 0.25) is 0 Å². The third kappa shape index (κ3) is 5.07. The number of benzene rings is 2. The zero-order valence-corrected chi connectivity index (χ0v) is 17.5. The van der Waals surface area contributed by atoms with Crippen molar-refractivity contribution >= 4 is 17.0 Å². The van der Waals surface area contributed by atoms with Gasteiger partial charge in [-0.25, -0.2) is 4.79 Å². The number of amides is 1. The van der Waals surface area contributed by atoms with E-state index < -0.39 is 12.2 Å². The number of aromatic amines is 1. The van der Waals surface area contributed by atoms with Gasteiger partial charge in [-0.15, -0.1) is 0 Å². The van der Waals surface area contributed by atoms with Crippen LogP contribution in [0.5, 0.6) is 5.75 Å². The Balaban J connectivity index is 1.43. The van der Waals surface area contributed by atoms with Crippen LogP contribution < -0.4 is 4.74 Å². The molecule has 3 N–H and O–H groups in total. The summed E-state index contributed by atoms with van der Waals surface area (Å²) in [5.74, 6) is 0.750. The Kier molecular flexibility index (Phi) is 6.67. The number of para-hydroxylation sites is 1. The first-order chi connectivity index (χ1) is 15.6. The third-order valence-corrected chi connectivity index (χ3v) is 5.38. The van der Waals surface area contributed by atoms with E-state index in [9.17, 15) is 15.0 Å². The molecule has 0 spiro atoms. The second kappa shape index (κ2) is 9.98. The van der Waals surface area contributed by atoms with E-state index in [0.29, 0.717) is 18.6 Å². The van der Waals surface area contributed by atoms with Crippen molar-refractivity contribution < 1.29 is 19.7 Å². The van der Waals surface area contributed by atoms with Crippen LogP contribution in [0, 0.1) is 0 Å². The number of carboxylic acid groups (broad SMARTS) is 1. The maximum atomic E-state index is 11.7. The zero-order chi connectivity index (χ0) is 22.3. The number of aromatic nitrogens is 2. The van der Waals surface area contributed by atoms with Crippen molar-refractivity contribution in [2.24, 2.45) is 0 Å². The van der Waals surface area contributed by atoms with Crippen molar-refractivity contribution in [2.75, 3.05) is 13.1 Å². The molecule has 0 aliphatic carbocycles. The average molecular weight is 431 g/mol. The Bertz CT molecular complexity index is 1160. The van der Waals surface area contributed by atoms with Gasteiger partial charge >= 0.3 is 6.09 Å². The number of aliphatic hydroxyl groups excluding tert-OH is 1. The molecule has 2 aromatic heterocycles. The second-order valence-corrected chi connectivity index (χ2v) is 7.55. The summed E-state index contributed by atoms with van der Waals surface area (Å²) >= 11 is 0. The molecular weight excluding hydrogens is 406 g/mol. The minimum Gasteiger partial charge on any atom is -0.487 e. The molecule has 32 heavy (non-hydrogen) atoms. The van der Waals surface area contributed by atoms with Gasteiger partial charge in [-0.05, 0) is 29.7 Å². The van der Waals surface area contributed by atoms with Crippen LogP contribution in [0.1, 0.15) is 22.8 Å². The van der Waals surface area contributed by atoms with Crippen molar-refractivity contribution in [1.82, 2.24) is 14.9 Å². The van der Waals surface area contributed by atoms with Gasteiger partial charge in [0.25, 0.3) is 0 Å². The molecular formula is C25H25N3O4. The lowest BCUT2D eigenvalue weighted by molar-refractivity contribution is 0.0971. The normalized spacial score (nSPS) is 11.9. The van der Waals surface area contributed by atoms with Crippen molar-refractivity contribution in [3.05, 3.63) is 95.9 Å². The molecule has 4 aromatic rings. The van der Waals surface area contributed by atoms with E-state index in [1.54, 1.807) is 24.5 Å². The first-order valence-corrected chi connectivity index (χ1v) is 10.4. The molecule has 0 bridgehead atoms. The summed E-state index contributed by atoms with van der Waals surface area (Å²) in [6, 6.07) is 19.2. The highest BCUT2D eigenvalue weighted by Gasteiger charge is 2.19. The molecule has 1 amide bonds. The van der Waals surface area contributed by atoms with Crippen molar-refractivity contribution in [3.8, 4) is 5.75 Å². The zero-order valence-electron chi connectivity index (χ0n) is 17.5. The number of rotatable bonds is 9. The minimum absolute atomic E-state index is 0.0190. The number of aliphatic hydroxyl groups is 1. The molecule has 0 saturated carbocycles. The Morgan fingerprint density at radius 1 is 1.09 bits per heavy atom. The summed E-state index contributed by atoms with van der Waals surface area (Å²) < 4.78 is 6.01. The van der Waals surface area contributed by atoms with Crippen LogP contribution in [0.3, 0.4) is 0 Å². The lowest BCUT2D eigenvalue weighted by atomic mass is 10.1. The van der Waals surface area contributed by atoms with Crippen LogP contribution in [0.15, 0.2) is 79.3 Å². The van der Waals surface area contributed by atoms with E-state index in [1.165, 1.54) is 4.90 Å². The topological polar surface area (TPSA) is 98.7 Å². The van der Waals surface area contributed by atoms with Crippen molar-refractivity contribution in [2.45, 2.75) is 19.1 Å². The summed E-state index contributed by atoms with van der Waals surface area (Å²) in [5, 5.41) is 21.0. The number of hydrogen-bond acceptors (Lipinski definition) is 4. The quantitative estimate of drug-likeness (QED) is 0.365. The number of pyridine rings is 1. The molecule has 0 unspecified atom stereocenters. The van der Waals surface area contributed by atoms with Gasteiger partial charge in [0, 0.05) is 36.1 Å². The third-order valence-electron chi connectivity index (χ3n) is 5.38. The Labute approximate surface area is 185 Å². The Hall–Kier alpha value is -3.84. The lowest BCUT2D eigenvalue weighted by Gasteiger charge is -2.22. The number of hydrogen-bond donors (Lipinski definition) is 3. The van der Waals surface area contributed by atoms with Gasteiger partial charge in [0.05, 0.1) is 18.2 Å². The molecule has 2 aromatic carbocycles. The van der Waals surface area contributed by atoms with E-state index in [4.69, 9.17) is 4.74 Å². The van der Waals surface area contributed by atoms with Crippen LogP contribution in [-0.2, 0) is 13.0 Å². The molecule has 0 radical (unpaired) electrons. The summed E-state index contributed by atoms with van der Waals surface area (Å²) in [6.45, 7) is 0.705. The van der Waals surface area contributed by atoms with E-state index in [1.807, 2.05) is 54.7 Å². The van der Waals surface area contributed by atoms with Crippen molar-refractivity contribution in [1.29, 1.82) is 0 Å². The van der Waals surface area contributed by atoms with Crippen LogP contribution >= 0.6 is 0 Å². The number of fused-ring (bicyclic) bond motifs is 1. The van der Waals surface area contributed by atoms with Crippen LogP contribution in [0.4, 0.5) is 4.79 Å². The number of nitrogens with zero attached hydrogens (tertiary/aromatic N) is 2. The highest BCUT2D eigenvalue weighted by Crippen LogP contribution is 2.28. The van der Waals surface area contributed by atoms with Crippen LogP contribution in [0.25, 0.3) is 10.9 Å². The summed E-state index contributed by atoms with van der Waals surface area (Å²) in [4.78, 5) is 20.2. The molecule has 7 nitrogen and oxygen atoms in total. The molecule has 7 heteroatoms. The fourth-order valence-electron chi connectivity index (χ4n) is 3.65. The van der Waals surface area contributed by atoms with Gasteiger partial charge in [0.1, 0.15) is 12.4 Å². The fourth-order valence-corrected chi connectivity index (χ4v) is 3.65. The first kappa shape index (κ1) is 21.4. The maximum absolute atomic E-state index is 11.7. The van der Waals surface area contributed by atoms with Crippen molar-refractivity contribution in [3.63, 3.8) is 0 Å². The van der Waals surface area contributed by atoms with E-state index in [2.05, 4.69) is 9.97 Å². The highest BCUT2D eigenvalue weighted by atomic mass is 16.5. The van der Waals surface area contributed by atoms with Gasteiger partial charge in [-0.3, -0.25) is 4.98 Å². The van der Waals surface area contributed by atoms with Gasteiger partial charge in [-0.1, -0.05) is 48.5 Å². The van der Waals surface area contributed by atoms with Gasteiger partial charge in [-0.2, -0.15) is 0 Å². The lowest BCUT2D eigenvalue weighted by Crippen LogP contribution is -2.35. The van der Waals surface area contributed by atoms with Crippen LogP contribution in [-0.4, -0.2) is 44.3 Å². The van der Waals surface area contributed by atoms with E-state index >= 15 is 0 Å². The standard InChI is InChI=1S/C25H25N3O4/c29-22(20-8-5-12-26-14-20)16-28(25(30)31)13-11-19-15-27-24-21(19)9-4-10-23(24)32-17-18-6-2-1-3-7-18/h1-10,12,14-15,22,27,29H,11,13,16-17H2,(H,30,31)/t22-/m0/s1. The monoisotopic (exact) mass is 431 g/mol. The SMILES string of the molecule is O=C(O)N(CCc1c[nH]c2c(OCc3ccccc3)cccc12)C[C@H](O)c1cccnc1. The number of H-pyrrole nitrogens is 1. The number of nitrogens with one attached hydrogen (secondary N) is 1. The summed E-state index contributed by atoms with van der Waals surface area (Å²) in [7, 11) is 0. The van der Waals surface area contributed by atoms with Gasteiger partial charge < -0.3 is 24.8 Å². The highest BCUT2D eigenvalue weighted by molar-refractivity contribution is 5.88. The Morgan fingerprint density at radius 2 is 1.94 bits per heavy atom. The number of ether oxygens (including phenoxy) is 1. The average Bonchev–Trinajstić information content (AvgIpc) is 3.25. The summed E-state index contributed by atoms with van der Waals surface area (Å²) in [6.07, 6.45) is 3.55. The molecule has 0 aliphatic rings. The molecule has 4 rings (SSSR count). The van der Waals surface area contributed by atoms with E-state index in [0.717, 1.165) is 27.8 Å². The van der Waals surface area contributed by atoms with Gasteiger partial charge in [0.15, 0.2) is 0 Å². The van der Waals surface area contributed by atoms with Gasteiger partial charge in [0.2, 0.25) is 0 Å². The molecule has 1 atom stereocenters.